The maximum atomic E-state index is 12.7. The molecule has 0 saturated heterocycles. The number of carbonyl (C=O) groups is 2. The number of carboxylic acid groups (broad SMARTS) is 1. The minimum absolute atomic E-state index is 0.310. The number of hydrogen-bond acceptors (Lipinski definition) is 4. The van der Waals surface area contributed by atoms with Crippen molar-refractivity contribution in [3.8, 4) is 5.75 Å². The molecule has 0 aliphatic heterocycles. The molecule has 5 nitrogen and oxygen atoms in total. The number of carbonyl (C=O) groups excluding carboxylic acids is 1. The first-order chi connectivity index (χ1) is 11.6. The van der Waals surface area contributed by atoms with Crippen molar-refractivity contribution in [2.45, 2.75) is 12.7 Å². The monoisotopic (exact) mass is 359 g/mol. The third kappa shape index (κ3) is 7.00. The Morgan fingerprint density at radius 1 is 1.00 bits per heavy atom. The lowest BCUT2D eigenvalue weighted by molar-refractivity contribution is -0.192. The second kappa shape index (κ2) is 8.78. The van der Waals surface area contributed by atoms with Gasteiger partial charge in [-0.3, -0.25) is 0 Å². The molecule has 0 aliphatic carbocycles. The molecule has 0 spiro atoms. The predicted molar refractivity (Wildman–Crippen MR) is 79.4 cm³/mol. The van der Waals surface area contributed by atoms with Crippen LogP contribution in [0.5, 0.6) is 5.75 Å². The molecule has 0 aromatic heterocycles. The fourth-order valence-electron chi connectivity index (χ4n) is 1.45. The van der Waals surface area contributed by atoms with E-state index < -0.39 is 18.1 Å². The fourth-order valence-corrected chi connectivity index (χ4v) is 1.45. The van der Waals surface area contributed by atoms with E-state index in [9.17, 15) is 22.4 Å². The molecule has 2 rings (SSSR count). The lowest BCUT2D eigenvalue weighted by atomic mass is 10.1. The average molecular weight is 359 g/mol. The van der Waals surface area contributed by atoms with Gasteiger partial charge < -0.3 is 15.6 Å². The van der Waals surface area contributed by atoms with Gasteiger partial charge in [0.1, 0.15) is 11.6 Å². The van der Waals surface area contributed by atoms with Crippen LogP contribution in [0.15, 0.2) is 48.5 Å². The van der Waals surface area contributed by atoms with E-state index in [4.69, 9.17) is 20.4 Å². The summed E-state index contributed by atoms with van der Waals surface area (Å²) in [7, 11) is 0. The van der Waals surface area contributed by atoms with Crippen molar-refractivity contribution in [1.29, 1.82) is 0 Å². The molecule has 9 heteroatoms. The van der Waals surface area contributed by atoms with Crippen molar-refractivity contribution >= 4 is 11.9 Å². The molecule has 3 N–H and O–H groups in total. The summed E-state index contributed by atoms with van der Waals surface area (Å²) in [6.07, 6.45) is -5.08. The number of alkyl halides is 3. The fraction of sp³-hybridized carbons (Fsp3) is 0.125. The standard InChI is InChI=1S/C14H12FNO2.C2HF3O2/c15-12-5-7-13(8-6-12)18-14(17)11-3-1-10(9-16)2-4-11;3-2(4,5)1(6)7/h1-8H,9,16H2;(H,6,7). The number of esters is 1. The maximum absolute atomic E-state index is 12.7. The Morgan fingerprint density at radius 3 is 1.88 bits per heavy atom. The number of ether oxygens (including phenoxy) is 1. The summed E-state index contributed by atoms with van der Waals surface area (Å²) < 4.78 is 49.5. The number of aliphatic carboxylic acids is 1. The van der Waals surface area contributed by atoms with Crippen molar-refractivity contribution in [2.24, 2.45) is 5.73 Å². The van der Waals surface area contributed by atoms with E-state index >= 15 is 0 Å². The number of rotatable bonds is 3. The van der Waals surface area contributed by atoms with E-state index in [-0.39, 0.29) is 5.82 Å². The summed E-state index contributed by atoms with van der Waals surface area (Å²) in [6, 6.07) is 12.1. The summed E-state index contributed by atoms with van der Waals surface area (Å²) in [5.41, 5.74) is 6.83. The number of benzene rings is 2. The Hall–Kier alpha value is -2.94. The average Bonchev–Trinajstić information content (AvgIpc) is 2.56. The van der Waals surface area contributed by atoms with Gasteiger partial charge in [0.05, 0.1) is 5.56 Å². The highest BCUT2D eigenvalue weighted by molar-refractivity contribution is 5.91. The molecule has 0 amide bonds. The minimum atomic E-state index is -5.08. The molecule has 0 aliphatic rings. The van der Waals surface area contributed by atoms with Crippen LogP contribution in [-0.2, 0) is 11.3 Å². The van der Waals surface area contributed by atoms with E-state index in [1.54, 1.807) is 24.3 Å². The van der Waals surface area contributed by atoms with E-state index in [2.05, 4.69) is 0 Å². The Labute approximate surface area is 139 Å². The molecule has 0 radical (unpaired) electrons. The SMILES string of the molecule is NCc1ccc(C(=O)Oc2ccc(F)cc2)cc1.O=C(O)C(F)(F)F. The zero-order valence-electron chi connectivity index (χ0n) is 12.6. The minimum Gasteiger partial charge on any atom is -0.475 e. The van der Waals surface area contributed by atoms with Crippen LogP contribution in [0.2, 0.25) is 0 Å². The first kappa shape index (κ1) is 20.1. The maximum Gasteiger partial charge on any atom is 0.490 e. The van der Waals surface area contributed by atoms with Crippen LogP contribution in [0, 0.1) is 5.82 Å². The van der Waals surface area contributed by atoms with Gasteiger partial charge in [-0.15, -0.1) is 0 Å². The van der Waals surface area contributed by atoms with E-state index in [1.165, 1.54) is 24.3 Å². The Bertz CT molecular complexity index is 712. The summed E-state index contributed by atoms with van der Waals surface area (Å²) >= 11 is 0. The molecule has 0 unspecified atom stereocenters. The first-order valence-corrected chi connectivity index (χ1v) is 6.70. The van der Waals surface area contributed by atoms with Crippen LogP contribution < -0.4 is 10.5 Å². The van der Waals surface area contributed by atoms with Gasteiger partial charge in [-0.25, -0.2) is 14.0 Å². The lowest BCUT2D eigenvalue weighted by Crippen LogP contribution is -2.21. The van der Waals surface area contributed by atoms with Gasteiger partial charge in [0.25, 0.3) is 0 Å². The van der Waals surface area contributed by atoms with Crippen LogP contribution in [0.25, 0.3) is 0 Å². The number of halogens is 4. The highest BCUT2D eigenvalue weighted by Crippen LogP contribution is 2.14. The van der Waals surface area contributed by atoms with Gasteiger partial charge in [0.15, 0.2) is 0 Å². The van der Waals surface area contributed by atoms with E-state index in [0.717, 1.165) is 5.56 Å². The molecule has 2 aromatic rings. The van der Waals surface area contributed by atoms with Crippen molar-refractivity contribution < 1.29 is 37.0 Å². The summed E-state index contributed by atoms with van der Waals surface area (Å²) in [4.78, 5) is 20.6. The van der Waals surface area contributed by atoms with Crippen molar-refractivity contribution in [1.82, 2.24) is 0 Å². The molecule has 0 heterocycles. The Balaban J connectivity index is 0.000000381. The summed E-state index contributed by atoms with van der Waals surface area (Å²) in [6.45, 7) is 0.424. The molecule has 134 valence electrons. The van der Waals surface area contributed by atoms with Gasteiger partial charge in [-0.1, -0.05) is 12.1 Å². The van der Waals surface area contributed by atoms with Crippen molar-refractivity contribution in [3.63, 3.8) is 0 Å². The summed E-state index contributed by atoms with van der Waals surface area (Å²) in [5.74, 6) is -3.30. The normalized spacial score (nSPS) is 10.4. The van der Waals surface area contributed by atoms with Gasteiger partial charge >= 0.3 is 18.1 Å². The van der Waals surface area contributed by atoms with Crippen LogP contribution in [0.4, 0.5) is 17.6 Å². The molecule has 0 fully saturated rings. The third-order valence-electron chi connectivity index (χ3n) is 2.69. The smallest absolute Gasteiger partial charge is 0.475 e. The Kier molecular flexibility index (Phi) is 7.06. The molecule has 0 saturated carbocycles. The van der Waals surface area contributed by atoms with Crippen LogP contribution in [0.1, 0.15) is 15.9 Å². The van der Waals surface area contributed by atoms with Crippen LogP contribution in [0.3, 0.4) is 0 Å². The van der Waals surface area contributed by atoms with Crippen LogP contribution >= 0.6 is 0 Å². The second-order valence-corrected chi connectivity index (χ2v) is 4.55. The largest absolute Gasteiger partial charge is 0.490 e. The molecule has 25 heavy (non-hydrogen) atoms. The molecular formula is C16H13F4NO4. The topological polar surface area (TPSA) is 89.6 Å². The number of nitrogens with two attached hydrogens (primary N) is 1. The second-order valence-electron chi connectivity index (χ2n) is 4.55. The Morgan fingerprint density at radius 2 is 1.48 bits per heavy atom. The van der Waals surface area contributed by atoms with Crippen LogP contribution in [-0.4, -0.2) is 23.2 Å². The molecule has 0 atom stereocenters. The zero-order chi connectivity index (χ0) is 19.0. The molecule has 0 bridgehead atoms. The van der Waals surface area contributed by atoms with Crippen molar-refractivity contribution in [3.05, 3.63) is 65.5 Å². The third-order valence-corrected chi connectivity index (χ3v) is 2.69. The first-order valence-electron chi connectivity index (χ1n) is 6.70. The van der Waals surface area contributed by atoms with Gasteiger partial charge in [-0.05, 0) is 42.0 Å². The highest BCUT2D eigenvalue weighted by Gasteiger charge is 2.38. The van der Waals surface area contributed by atoms with Gasteiger partial charge in [-0.2, -0.15) is 13.2 Å². The number of hydrogen-bond donors (Lipinski definition) is 2. The lowest BCUT2D eigenvalue weighted by Gasteiger charge is -2.04. The van der Waals surface area contributed by atoms with Crippen molar-refractivity contribution in [2.75, 3.05) is 0 Å². The van der Waals surface area contributed by atoms with Gasteiger partial charge in [0.2, 0.25) is 0 Å². The summed E-state index contributed by atoms with van der Waals surface area (Å²) in [5, 5.41) is 7.12. The van der Waals surface area contributed by atoms with E-state index in [0.29, 0.717) is 17.9 Å². The number of carboxylic acids is 1. The predicted octanol–water partition coefficient (Wildman–Crippen LogP) is 3.14. The van der Waals surface area contributed by atoms with Gasteiger partial charge in [0, 0.05) is 6.54 Å². The van der Waals surface area contributed by atoms with E-state index in [1.807, 2.05) is 0 Å². The quantitative estimate of drug-likeness (QED) is 0.499. The molecular weight excluding hydrogens is 346 g/mol. The molecule has 2 aromatic carbocycles. The zero-order valence-corrected chi connectivity index (χ0v) is 12.6. The highest BCUT2D eigenvalue weighted by atomic mass is 19.4.